The van der Waals surface area contributed by atoms with Gasteiger partial charge in [0, 0.05) is 47.0 Å². The molecular weight excluding hydrogens is 285 g/mol. The number of hydrogen-bond acceptors (Lipinski definition) is 2. The second-order valence-electron chi connectivity index (χ2n) is 7.16. The van der Waals surface area contributed by atoms with E-state index in [2.05, 4.69) is 67.8 Å². The van der Waals surface area contributed by atoms with Crippen LogP contribution in [0.15, 0.2) is 42.5 Å². The van der Waals surface area contributed by atoms with E-state index < -0.39 is 0 Å². The summed E-state index contributed by atoms with van der Waals surface area (Å²) in [5.41, 5.74) is 3.76. The first kappa shape index (κ1) is 14.8. The topological polar surface area (TPSA) is 23.4 Å². The highest BCUT2D eigenvalue weighted by atomic mass is 16.6. The van der Waals surface area contributed by atoms with Crippen molar-refractivity contribution in [3.63, 3.8) is 0 Å². The normalized spacial score (nSPS) is 18.0. The van der Waals surface area contributed by atoms with Crippen LogP contribution in [0.2, 0.25) is 0 Å². The van der Waals surface area contributed by atoms with Crippen molar-refractivity contribution >= 4 is 34.4 Å². The van der Waals surface area contributed by atoms with Crippen LogP contribution in [-0.4, -0.2) is 24.9 Å². The third-order valence-corrected chi connectivity index (χ3v) is 4.64. The molecule has 3 nitrogen and oxygen atoms in total. The lowest BCUT2D eigenvalue weighted by atomic mass is 9.75. The lowest BCUT2D eigenvalue weighted by Gasteiger charge is -2.33. The first-order valence-corrected chi connectivity index (χ1v) is 8.33. The second kappa shape index (κ2) is 5.39. The number of aryl methyl sites for hydroxylation is 1. The number of nitrogens with zero attached hydrogens (tertiary/aromatic N) is 1. The van der Waals surface area contributed by atoms with Crippen LogP contribution in [0.5, 0.6) is 0 Å². The minimum Gasteiger partial charge on any atom is -0.407 e. The van der Waals surface area contributed by atoms with E-state index >= 15 is 0 Å². The molecular formula is C19H22BNO2. The molecule has 0 bridgehead atoms. The van der Waals surface area contributed by atoms with Gasteiger partial charge < -0.3 is 13.9 Å². The van der Waals surface area contributed by atoms with Gasteiger partial charge in [0.15, 0.2) is 0 Å². The van der Waals surface area contributed by atoms with Gasteiger partial charge >= 0.3 is 7.12 Å². The van der Waals surface area contributed by atoms with Gasteiger partial charge in [-0.15, -0.1) is 0 Å². The summed E-state index contributed by atoms with van der Waals surface area (Å²) in [5, 5.41) is 2.57. The molecule has 0 spiro atoms. The highest BCUT2D eigenvalue weighted by Crippen LogP contribution is 2.29. The Morgan fingerprint density at radius 3 is 2.43 bits per heavy atom. The first-order valence-electron chi connectivity index (χ1n) is 8.33. The average molecular weight is 307 g/mol. The van der Waals surface area contributed by atoms with E-state index in [1.807, 2.05) is 0 Å². The highest BCUT2D eigenvalue weighted by molar-refractivity contribution is 6.61. The molecule has 0 atom stereocenters. The smallest absolute Gasteiger partial charge is 0.407 e. The molecule has 4 rings (SSSR count). The van der Waals surface area contributed by atoms with Crippen LogP contribution in [0.3, 0.4) is 0 Å². The van der Waals surface area contributed by atoms with Crippen LogP contribution in [0, 0.1) is 5.41 Å². The molecule has 0 saturated carbocycles. The summed E-state index contributed by atoms with van der Waals surface area (Å²) in [5.74, 6) is 0. The molecule has 23 heavy (non-hydrogen) atoms. The van der Waals surface area contributed by atoms with Crippen LogP contribution in [0.25, 0.3) is 21.8 Å². The molecule has 118 valence electrons. The molecule has 1 fully saturated rings. The maximum Gasteiger partial charge on any atom is 0.493 e. The van der Waals surface area contributed by atoms with E-state index in [1.54, 1.807) is 0 Å². The largest absolute Gasteiger partial charge is 0.493 e. The van der Waals surface area contributed by atoms with Crippen LogP contribution >= 0.6 is 0 Å². The summed E-state index contributed by atoms with van der Waals surface area (Å²) < 4.78 is 14.2. The van der Waals surface area contributed by atoms with Crippen molar-refractivity contribution in [2.45, 2.75) is 27.3 Å². The van der Waals surface area contributed by atoms with Gasteiger partial charge in [-0.2, -0.15) is 0 Å². The number of aromatic nitrogens is 1. The Kier molecular flexibility index (Phi) is 3.47. The molecule has 2 aromatic carbocycles. The van der Waals surface area contributed by atoms with Crippen molar-refractivity contribution in [3.8, 4) is 0 Å². The molecule has 0 amide bonds. The van der Waals surface area contributed by atoms with Gasteiger partial charge in [-0.3, -0.25) is 0 Å². The van der Waals surface area contributed by atoms with Crippen molar-refractivity contribution in [3.05, 3.63) is 42.5 Å². The zero-order valence-electron chi connectivity index (χ0n) is 14.0. The van der Waals surface area contributed by atoms with E-state index in [-0.39, 0.29) is 12.5 Å². The number of rotatable bonds is 2. The first-order chi connectivity index (χ1) is 11.1. The fourth-order valence-electron chi connectivity index (χ4n) is 3.44. The van der Waals surface area contributed by atoms with Crippen LogP contribution in [0.4, 0.5) is 0 Å². The summed E-state index contributed by atoms with van der Waals surface area (Å²) in [6.45, 7) is 8.95. The zero-order chi connectivity index (χ0) is 16.0. The van der Waals surface area contributed by atoms with Gasteiger partial charge in [0.25, 0.3) is 0 Å². The van der Waals surface area contributed by atoms with E-state index in [1.165, 1.54) is 21.8 Å². The zero-order valence-corrected chi connectivity index (χ0v) is 14.0. The Hall–Kier alpha value is -1.78. The number of fused-ring (bicyclic) bond motifs is 3. The quantitative estimate of drug-likeness (QED) is 0.676. The van der Waals surface area contributed by atoms with Crippen molar-refractivity contribution in [2.24, 2.45) is 5.41 Å². The summed E-state index contributed by atoms with van der Waals surface area (Å²) in [6.07, 6.45) is 0. The van der Waals surface area contributed by atoms with Gasteiger partial charge in [0.05, 0.1) is 0 Å². The maximum atomic E-state index is 5.94. The third-order valence-electron chi connectivity index (χ3n) is 4.64. The van der Waals surface area contributed by atoms with Gasteiger partial charge in [0.1, 0.15) is 0 Å². The summed E-state index contributed by atoms with van der Waals surface area (Å²) in [7, 11) is -0.254. The SMILES string of the molecule is CCn1c2ccccc2c2cc(B3OCC(C)(C)CO3)ccc21. The van der Waals surface area contributed by atoms with Crippen molar-refractivity contribution in [1.82, 2.24) is 4.57 Å². The second-order valence-corrected chi connectivity index (χ2v) is 7.16. The Bertz CT molecular complexity index is 858. The minimum absolute atomic E-state index is 0.0961. The Balaban J connectivity index is 1.81. The fraction of sp³-hybridized carbons (Fsp3) is 0.368. The molecule has 1 saturated heterocycles. The minimum atomic E-state index is -0.254. The van der Waals surface area contributed by atoms with Crippen LogP contribution in [-0.2, 0) is 15.9 Å². The van der Waals surface area contributed by atoms with E-state index in [0.29, 0.717) is 0 Å². The van der Waals surface area contributed by atoms with Crippen molar-refractivity contribution in [1.29, 1.82) is 0 Å². The number of benzene rings is 2. The Labute approximate surface area is 137 Å². The molecule has 0 N–H and O–H groups in total. The maximum absolute atomic E-state index is 5.94. The average Bonchev–Trinajstić information content (AvgIpc) is 2.88. The predicted molar refractivity (Wildman–Crippen MR) is 96.2 cm³/mol. The van der Waals surface area contributed by atoms with Gasteiger partial charge in [-0.1, -0.05) is 44.2 Å². The molecule has 2 heterocycles. The fourth-order valence-corrected chi connectivity index (χ4v) is 3.44. The Morgan fingerprint density at radius 2 is 1.70 bits per heavy atom. The van der Waals surface area contributed by atoms with Gasteiger partial charge in [-0.05, 0) is 24.5 Å². The van der Waals surface area contributed by atoms with Gasteiger partial charge in [-0.25, -0.2) is 0 Å². The lowest BCUT2D eigenvalue weighted by Crippen LogP contribution is -2.47. The van der Waals surface area contributed by atoms with Gasteiger partial charge in [0.2, 0.25) is 0 Å². The standard InChI is InChI=1S/C19H22BNO2/c1-4-21-17-8-6-5-7-15(17)16-11-14(9-10-18(16)21)20-22-12-19(2,3)13-23-20/h5-11H,4,12-13H2,1-3H3. The lowest BCUT2D eigenvalue weighted by molar-refractivity contribution is 0.0343. The molecule has 0 aliphatic carbocycles. The third kappa shape index (κ3) is 2.46. The summed E-state index contributed by atoms with van der Waals surface area (Å²) in [4.78, 5) is 0. The van der Waals surface area contributed by atoms with E-state index in [9.17, 15) is 0 Å². The highest BCUT2D eigenvalue weighted by Gasteiger charge is 2.33. The summed E-state index contributed by atoms with van der Waals surface area (Å²) >= 11 is 0. The number of hydrogen-bond donors (Lipinski definition) is 0. The molecule has 1 aliphatic heterocycles. The predicted octanol–water partition coefficient (Wildman–Crippen LogP) is 3.58. The number of para-hydroxylation sites is 1. The van der Waals surface area contributed by atoms with E-state index in [0.717, 1.165) is 25.2 Å². The molecule has 0 radical (unpaired) electrons. The summed E-state index contributed by atoms with van der Waals surface area (Å²) in [6, 6.07) is 15.1. The molecule has 4 heteroatoms. The molecule has 0 unspecified atom stereocenters. The Morgan fingerprint density at radius 1 is 1.00 bits per heavy atom. The molecule has 1 aromatic heterocycles. The van der Waals surface area contributed by atoms with E-state index in [4.69, 9.17) is 9.31 Å². The van der Waals surface area contributed by atoms with Crippen molar-refractivity contribution in [2.75, 3.05) is 13.2 Å². The monoisotopic (exact) mass is 307 g/mol. The molecule has 1 aliphatic rings. The van der Waals surface area contributed by atoms with Crippen LogP contribution < -0.4 is 5.46 Å². The molecule has 3 aromatic rings. The van der Waals surface area contributed by atoms with Crippen LogP contribution in [0.1, 0.15) is 20.8 Å². The van der Waals surface area contributed by atoms with Crippen molar-refractivity contribution < 1.29 is 9.31 Å².